The van der Waals surface area contributed by atoms with Gasteiger partial charge >= 0.3 is 0 Å². The zero-order valence-electron chi connectivity index (χ0n) is 13.0. The van der Waals surface area contributed by atoms with Gasteiger partial charge in [0, 0.05) is 6.07 Å². The highest BCUT2D eigenvalue weighted by atomic mass is 35.5. The summed E-state index contributed by atoms with van der Waals surface area (Å²) in [6.45, 7) is 4.14. The Labute approximate surface area is 140 Å². The molecule has 0 fully saturated rings. The fourth-order valence-corrected chi connectivity index (χ4v) is 2.13. The third kappa shape index (κ3) is 4.56. The number of halogens is 2. The van der Waals surface area contributed by atoms with Gasteiger partial charge < -0.3 is 20.7 Å². The molecule has 1 aromatic rings. The summed E-state index contributed by atoms with van der Waals surface area (Å²) in [6.07, 6.45) is 0. The minimum atomic E-state index is -0.654. The van der Waals surface area contributed by atoms with Crippen LogP contribution >= 0.6 is 12.4 Å². The number of nitrogens with zero attached hydrogens (tertiary/aromatic N) is 1. The van der Waals surface area contributed by atoms with E-state index in [1.807, 2.05) is 13.8 Å². The summed E-state index contributed by atoms with van der Waals surface area (Å²) in [5, 5.41) is 2.53. The Hall–Kier alpha value is -1.86. The first-order chi connectivity index (χ1) is 10.4. The molecule has 1 heterocycles. The van der Waals surface area contributed by atoms with Crippen LogP contribution < -0.4 is 20.7 Å². The lowest BCUT2D eigenvalue weighted by Crippen LogP contribution is -2.49. The molecule has 23 heavy (non-hydrogen) atoms. The van der Waals surface area contributed by atoms with Gasteiger partial charge in [0.1, 0.15) is 18.2 Å². The maximum absolute atomic E-state index is 13.2. The summed E-state index contributed by atoms with van der Waals surface area (Å²) in [5.41, 5.74) is 6.22. The maximum atomic E-state index is 13.2. The molecule has 1 aliphatic heterocycles. The van der Waals surface area contributed by atoms with E-state index in [2.05, 4.69) is 5.32 Å². The van der Waals surface area contributed by atoms with Gasteiger partial charge in [0.05, 0.1) is 24.8 Å². The van der Waals surface area contributed by atoms with E-state index in [1.54, 1.807) is 0 Å². The molecular weight excluding hydrogens is 325 g/mol. The number of rotatable bonds is 4. The molecule has 6 nitrogen and oxygen atoms in total. The number of carbonyl (C=O) groups excluding carboxylic acids is 2. The lowest BCUT2D eigenvalue weighted by Gasteiger charge is -2.29. The molecule has 0 radical (unpaired) electrons. The quantitative estimate of drug-likeness (QED) is 0.855. The molecular formula is C15H21ClFN3O3. The van der Waals surface area contributed by atoms with Gasteiger partial charge in [-0.2, -0.15) is 0 Å². The molecule has 2 rings (SSSR count). The van der Waals surface area contributed by atoms with Crippen LogP contribution in [0.1, 0.15) is 13.8 Å². The molecule has 0 saturated carbocycles. The number of fused-ring (bicyclic) bond motifs is 1. The molecule has 1 aliphatic rings. The summed E-state index contributed by atoms with van der Waals surface area (Å²) < 4.78 is 18.5. The number of hydrogen-bond acceptors (Lipinski definition) is 4. The van der Waals surface area contributed by atoms with Gasteiger partial charge in [-0.3, -0.25) is 9.59 Å². The number of carbonyl (C=O) groups is 2. The minimum absolute atomic E-state index is 0. The standard InChI is InChI=1S/C15H20FN3O3.ClH/c1-9(2)14(17)15(21)18-8-13(20)19-5-6-22-12-7-10(16)3-4-11(12)19;/h3-4,7,9,14H,5-6,8,17H2,1-2H3,(H,18,21);1H/t14-;/m0./s1. The average Bonchev–Trinajstić information content (AvgIpc) is 2.50. The minimum Gasteiger partial charge on any atom is -0.489 e. The SMILES string of the molecule is CC(C)[C@H](N)C(=O)NCC(=O)N1CCOc2cc(F)ccc21.Cl. The van der Waals surface area contributed by atoms with Crippen molar-refractivity contribution >= 4 is 29.9 Å². The predicted molar refractivity (Wildman–Crippen MR) is 87.3 cm³/mol. The van der Waals surface area contributed by atoms with E-state index in [1.165, 1.54) is 23.1 Å². The number of nitrogens with one attached hydrogen (secondary N) is 1. The van der Waals surface area contributed by atoms with E-state index >= 15 is 0 Å². The van der Waals surface area contributed by atoms with Crippen LogP contribution in [0.3, 0.4) is 0 Å². The van der Waals surface area contributed by atoms with E-state index < -0.39 is 11.9 Å². The molecule has 0 aromatic heterocycles. The van der Waals surface area contributed by atoms with Crippen molar-refractivity contribution in [3.63, 3.8) is 0 Å². The van der Waals surface area contributed by atoms with Crippen molar-refractivity contribution in [1.29, 1.82) is 0 Å². The molecule has 0 aliphatic carbocycles. The second-order valence-electron chi connectivity index (χ2n) is 5.49. The molecule has 0 saturated heterocycles. The number of amides is 2. The van der Waals surface area contributed by atoms with Crippen molar-refractivity contribution < 1.29 is 18.7 Å². The Kier molecular flexibility index (Phi) is 6.78. The van der Waals surface area contributed by atoms with E-state index in [4.69, 9.17) is 10.5 Å². The first-order valence-corrected chi connectivity index (χ1v) is 7.16. The van der Waals surface area contributed by atoms with Crippen LogP contribution in [-0.4, -0.2) is 37.6 Å². The maximum Gasteiger partial charge on any atom is 0.246 e. The molecule has 1 atom stereocenters. The topological polar surface area (TPSA) is 84.7 Å². The van der Waals surface area contributed by atoms with Crippen molar-refractivity contribution in [2.45, 2.75) is 19.9 Å². The third-order valence-corrected chi connectivity index (χ3v) is 3.52. The highest BCUT2D eigenvalue weighted by molar-refractivity contribution is 5.98. The summed E-state index contributed by atoms with van der Waals surface area (Å²) in [6, 6.07) is 3.34. The third-order valence-electron chi connectivity index (χ3n) is 3.52. The van der Waals surface area contributed by atoms with E-state index in [-0.39, 0.29) is 43.3 Å². The highest BCUT2D eigenvalue weighted by Crippen LogP contribution is 2.31. The summed E-state index contributed by atoms with van der Waals surface area (Å²) >= 11 is 0. The van der Waals surface area contributed by atoms with Crippen LogP contribution in [0.15, 0.2) is 18.2 Å². The normalized spacial score (nSPS) is 14.4. The van der Waals surface area contributed by atoms with Gasteiger partial charge in [0.15, 0.2) is 0 Å². The van der Waals surface area contributed by atoms with Gasteiger partial charge in [0.2, 0.25) is 11.8 Å². The molecule has 0 spiro atoms. The number of nitrogens with two attached hydrogens (primary N) is 1. The number of anilines is 1. The molecule has 128 valence electrons. The fourth-order valence-electron chi connectivity index (χ4n) is 2.13. The molecule has 1 aromatic carbocycles. The lowest BCUT2D eigenvalue weighted by atomic mass is 10.1. The number of ether oxygens (including phenoxy) is 1. The largest absolute Gasteiger partial charge is 0.489 e. The van der Waals surface area contributed by atoms with Crippen LogP contribution in [0.25, 0.3) is 0 Å². The zero-order chi connectivity index (χ0) is 16.3. The summed E-state index contributed by atoms with van der Waals surface area (Å²) in [4.78, 5) is 25.5. The molecule has 0 unspecified atom stereocenters. The van der Waals surface area contributed by atoms with Crippen molar-refractivity contribution in [3.05, 3.63) is 24.0 Å². The number of hydrogen-bond donors (Lipinski definition) is 2. The molecule has 2 amide bonds. The van der Waals surface area contributed by atoms with Crippen molar-refractivity contribution in [3.8, 4) is 5.75 Å². The van der Waals surface area contributed by atoms with Crippen molar-refractivity contribution in [1.82, 2.24) is 5.32 Å². The Morgan fingerprint density at radius 3 is 2.78 bits per heavy atom. The number of benzene rings is 1. The Morgan fingerprint density at radius 1 is 1.43 bits per heavy atom. The van der Waals surface area contributed by atoms with E-state index in [0.717, 1.165) is 0 Å². The van der Waals surface area contributed by atoms with Crippen LogP contribution in [0.4, 0.5) is 10.1 Å². The van der Waals surface area contributed by atoms with Crippen LogP contribution in [0, 0.1) is 11.7 Å². The van der Waals surface area contributed by atoms with Gasteiger partial charge in [0.25, 0.3) is 0 Å². The van der Waals surface area contributed by atoms with Crippen LogP contribution in [-0.2, 0) is 9.59 Å². The van der Waals surface area contributed by atoms with Crippen LogP contribution in [0.5, 0.6) is 5.75 Å². The smallest absolute Gasteiger partial charge is 0.246 e. The van der Waals surface area contributed by atoms with Crippen LogP contribution in [0.2, 0.25) is 0 Å². The van der Waals surface area contributed by atoms with E-state index in [0.29, 0.717) is 18.0 Å². The summed E-state index contributed by atoms with van der Waals surface area (Å²) in [5.74, 6) is -0.771. The second-order valence-corrected chi connectivity index (χ2v) is 5.49. The van der Waals surface area contributed by atoms with Crippen molar-refractivity contribution in [2.75, 3.05) is 24.6 Å². The molecule has 3 N–H and O–H groups in total. The highest BCUT2D eigenvalue weighted by Gasteiger charge is 2.25. The van der Waals surface area contributed by atoms with Gasteiger partial charge in [-0.1, -0.05) is 13.8 Å². The van der Waals surface area contributed by atoms with Gasteiger partial charge in [-0.15, -0.1) is 12.4 Å². The predicted octanol–water partition coefficient (Wildman–Crippen LogP) is 1.07. The van der Waals surface area contributed by atoms with E-state index in [9.17, 15) is 14.0 Å². The molecule has 8 heteroatoms. The molecule has 0 bridgehead atoms. The zero-order valence-corrected chi connectivity index (χ0v) is 13.9. The van der Waals surface area contributed by atoms with Gasteiger partial charge in [-0.25, -0.2) is 4.39 Å². The van der Waals surface area contributed by atoms with Crippen molar-refractivity contribution in [2.24, 2.45) is 11.7 Å². The summed E-state index contributed by atoms with van der Waals surface area (Å²) in [7, 11) is 0. The second kappa shape index (κ2) is 8.12. The monoisotopic (exact) mass is 345 g/mol. The first-order valence-electron chi connectivity index (χ1n) is 7.16. The Morgan fingerprint density at radius 2 is 2.13 bits per heavy atom. The fraction of sp³-hybridized carbons (Fsp3) is 0.467. The first kappa shape index (κ1) is 19.2. The lowest BCUT2D eigenvalue weighted by molar-refractivity contribution is -0.126. The Bertz CT molecular complexity index is 583. The van der Waals surface area contributed by atoms with Gasteiger partial charge in [-0.05, 0) is 18.1 Å². The Balaban J connectivity index is 0.00000264. The average molecular weight is 346 g/mol.